The first-order chi connectivity index (χ1) is 15.0. The lowest BCUT2D eigenvalue weighted by atomic mass is 10.2. The Kier molecular flexibility index (Phi) is 7.34. The Labute approximate surface area is 187 Å². The summed E-state index contributed by atoms with van der Waals surface area (Å²) in [4.78, 5) is 28.6. The Morgan fingerprint density at radius 2 is 1.65 bits per heavy atom. The third-order valence-electron chi connectivity index (χ3n) is 4.11. The zero-order chi connectivity index (χ0) is 22.2. The molecule has 158 valence electrons. The molecule has 2 aromatic carbocycles. The van der Waals surface area contributed by atoms with E-state index in [0.717, 1.165) is 4.47 Å². The number of nitrogens with zero attached hydrogens (tertiary/aromatic N) is 2. The van der Waals surface area contributed by atoms with Gasteiger partial charge in [0.1, 0.15) is 5.75 Å². The molecule has 0 fully saturated rings. The molecule has 0 saturated heterocycles. The summed E-state index contributed by atoms with van der Waals surface area (Å²) in [5.74, 6) is 0.204. The van der Waals surface area contributed by atoms with Crippen LogP contribution in [0.4, 0.5) is 0 Å². The maximum Gasteiger partial charge on any atom is 0.343 e. The van der Waals surface area contributed by atoms with Gasteiger partial charge in [0.05, 0.1) is 26.0 Å². The number of nitrogens with one attached hydrogen (secondary N) is 1. The number of carbonyl (C=O) groups is 2. The Balaban J connectivity index is 1.77. The van der Waals surface area contributed by atoms with Crippen molar-refractivity contribution in [2.75, 3.05) is 14.2 Å². The molecule has 0 aliphatic rings. The van der Waals surface area contributed by atoms with Crippen molar-refractivity contribution in [2.24, 2.45) is 5.10 Å². The van der Waals surface area contributed by atoms with E-state index in [4.69, 9.17) is 14.2 Å². The minimum atomic E-state index is -0.584. The number of aromatic nitrogens is 1. The Hall–Kier alpha value is -3.72. The number of halogens is 1. The monoisotopic (exact) mass is 483 g/mol. The lowest BCUT2D eigenvalue weighted by Gasteiger charge is -2.11. The van der Waals surface area contributed by atoms with Crippen LogP contribution < -0.4 is 19.6 Å². The summed E-state index contributed by atoms with van der Waals surface area (Å²) in [6.45, 7) is 0. The molecule has 0 spiro atoms. The molecule has 31 heavy (non-hydrogen) atoms. The van der Waals surface area contributed by atoms with Crippen LogP contribution in [-0.2, 0) is 0 Å². The maximum atomic E-state index is 12.6. The van der Waals surface area contributed by atoms with Crippen LogP contribution in [0.25, 0.3) is 0 Å². The Bertz CT molecular complexity index is 1120. The number of amides is 1. The van der Waals surface area contributed by atoms with Gasteiger partial charge in [-0.3, -0.25) is 9.78 Å². The zero-order valence-corrected chi connectivity index (χ0v) is 18.3. The molecule has 9 heteroatoms. The van der Waals surface area contributed by atoms with Crippen molar-refractivity contribution >= 4 is 34.0 Å². The van der Waals surface area contributed by atoms with E-state index in [1.165, 1.54) is 38.9 Å². The van der Waals surface area contributed by atoms with Gasteiger partial charge in [-0.05, 0) is 48.5 Å². The number of methoxy groups -OCH3 is 2. The quantitative estimate of drug-likeness (QED) is 0.237. The van der Waals surface area contributed by atoms with E-state index in [1.807, 2.05) is 0 Å². The number of esters is 1. The first-order valence-electron chi connectivity index (χ1n) is 8.99. The molecule has 1 N–H and O–H groups in total. The molecular formula is C22H18BrN3O5. The fourth-order valence-electron chi connectivity index (χ4n) is 2.56. The van der Waals surface area contributed by atoms with Crippen LogP contribution in [-0.4, -0.2) is 37.3 Å². The molecule has 0 atom stereocenters. The first-order valence-corrected chi connectivity index (χ1v) is 9.78. The second-order valence-electron chi connectivity index (χ2n) is 6.08. The van der Waals surface area contributed by atoms with E-state index < -0.39 is 11.9 Å². The van der Waals surface area contributed by atoms with Crippen molar-refractivity contribution in [1.82, 2.24) is 10.4 Å². The summed E-state index contributed by atoms with van der Waals surface area (Å²) in [6, 6.07) is 12.9. The molecule has 1 heterocycles. The highest BCUT2D eigenvalue weighted by atomic mass is 79.9. The van der Waals surface area contributed by atoms with Crippen LogP contribution >= 0.6 is 15.9 Å². The van der Waals surface area contributed by atoms with Gasteiger partial charge in [-0.1, -0.05) is 15.9 Å². The SMILES string of the molecule is COc1ccc(C(=O)Oc2ccc(Br)cc2C=NNC(=O)c2ccncc2)cc1OC. The van der Waals surface area contributed by atoms with Crippen LogP contribution in [0.15, 0.2) is 70.5 Å². The van der Waals surface area contributed by atoms with Crippen LogP contribution in [0.1, 0.15) is 26.3 Å². The highest BCUT2D eigenvalue weighted by molar-refractivity contribution is 9.10. The molecule has 1 aromatic heterocycles. The van der Waals surface area contributed by atoms with Crippen molar-refractivity contribution in [3.05, 3.63) is 82.1 Å². The third kappa shape index (κ3) is 5.67. The summed E-state index contributed by atoms with van der Waals surface area (Å²) < 4.78 is 16.7. The van der Waals surface area contributed by atoms with Gasteiger partial charge in [0, 0.05) is 28.0 Å². The zero-order valence-electron chi connectivity index (χ0n) is 16.7. The second-order valence-corrected chi connectivity index (χ2v) is 6.99. The van der Waals surface area contributed by atoms with Crippen molar-refractivity contribution in [2.45, 2.75) is 0 Å². The van der Waals surface area contributed by atoms with Crippen molar-refractivity contribution in [3.8, 4) is 17.2 Å². The highest BCUT2D eigenvalue weighted by Gasteiger charge is 2.15. The van der Waals surface area contributed by atoms with Crippen LogP contribution in [0.2, 0.25) is 0 Å². The molecule has 8 nitrogen and oxygen atoms in total. The van der Waals surface area contributed by atoms with E-state index in [2.05, 4.69) is 31.4 Å². The Morgan fingerprint density at radius 1 is 0.935 bits per heavy atom. The van der Waals surface area contributed by atoms with E-state index in [1.54, 1.807) is 42.5 Å². The van der Waals surface area contributed by atoms with Gasteiger partial charge in [-0.2, -0.15) is 5.10 Å². The van der Waals surface area contributed by atoms with Gasteiger partial charge >= 0.3 is 5.97 Å². The van der Waals surface area contributed by atoms with Gasteiger partial charge in [-0.15, -0.1) is 0 Å². The maximum absolute atomic E-state index is 12.6. The summed E-state index contributed by atoms with van der Waals surface area (Å²) >= 11 is 3.37. The van der Waals surface area contributed by atoms with Crippen LogP contribution in [0.3, 0.4) is 0 Å². The van der Waals surface area contributed by atoms with E-state index >= 15 is 0 Å². The number of hydrogen-bond donors (Lipinski definition) is 1. The average molecular weight is 484 g/mol. The minimum Gasteiger partial charge on any atom is -0.493 e. The number of carbonyl (C=O) groups excluding carboxylic acids is 2. The molecule has 3 rings (SSSR count). The predicted molar refractivity (Wildman–Crippen MR) is 118 cm³/mol. The fourth-order valence-corrected chi connectivity index (χ4v) is 2.94. The molecular weight excluding hydrogens is 466 g/mol. The number of pyridine rings is 1. The highest BCUT2D eigenvalue weighted by Crippen LogP contribution is 2.29. The molecule has 3 aromatic rings. The molecule has 1 amide bonds. The van der Waals surface area contributed by atoms with E-state index in [0.29, 0.717) is 22.6 Å². The van der Waals surface area contributed by atoms with Gasteiger partial charge in [0.15, 0.2) is 11.5 Å². The van der Waals surface area contributed by atoms with E-state index in [-0.39, 0.29) is 11.3 Å². The minimum absolute atomic E-state index is 0.268. The summed E-state index contributed by atoms with van der Waals surface area (Å²) in [5.41, 5.74) is 3.61. The predicted octanol–water partition coefficient (Wildman–Crippen LogP) is 3.84. The Morgan fingerprint density at radius 3 is 2.35 bits per heavy atom. The molecule has 0 aliphatic heterocycles. The molecule has 0 bridgehead atoms. The topological polar surface area (TPSA) is 99.1 Å². The van der Waals surface area contributed by atoms with Crippen LogP contribution in [0.5, 0.6) is 17.2 Å². The summed E-state index contributed by atoms with van der Waals surface area (Å²) in [5, 5.41) is 3.96. The number of hydrazone groups is 1. The largest absolute Gasteiger partial charge is 0.493 e. The second kappa shape index (κ2) is 10.4. The summed E-state index contributed by atoms with van der Waals surface area (Å²) in [7, 11) is 2.99. The standard InChI is InChI=1S/C22H18BrN3O5/c1-29-19-5-3-15(12-20(19)30-2)22(28)31-18-6-4-17(23)11-16(18)13-25-26-21(27)14-7-9-24-10-8-14/h3-13H,1-2H3,(H,26,27). The molecule has 0 saturated carbocycles. The van der Waals surface area contributed by atoms with Crippen LogP contribution in [0, 0.1) is 0 Å². The lowest BCUT2D eigenvalue weighted by molar-refractivity contribution is 0.0733. The van der Waals surface area contributed by atoms with Gasteiger partial charge in [-0.25, -0.2) is 10.2 Å². The van der Waals surface area contributed by atoms with E-state index in [9.17, 15) is 9.59 Å². The molecule has 0 radical (unpaired) electrons. The normalized spacial score (nSPS) is 10.5. The van der Waals surface area contributed by atoms with Crippen molar-refractivity contribution in [1.29, 1.82) is 0 Å². The fraction of sp³-hybridized carbons (Fsp3) is 0.0909. The van der Waals surface area contributed by atoms with Crippen molar-refractivity contribution < 1.29 is 23.8 Å². The average Bonchev–Trinajstić information content (AvgIpc) is 2.80. The summed E-state index contributed by atoms with van der Waals surface area (Å²) in [6.07, 6.45) is 4.42. The third-order valence-corrected chi connectivity index (χ3v) is 4.60. The van der Waals surface area contributed by atoms with Gasteiger partial charge in [0.25, 0.3) is 5.91 Å². The van der Waals surface area contributed by atoms with Gasteiger partial charge in [0.2, 0.25) is 0 Å². The number of hydrogen-bond acceptors (Lipinski definition) is 7. The molecule has 0 unspecified atom stereocenters. The molecule has 0 aliphatic carbocycles. The lowest BCUT2D eigenvalue weighted by Crippen LogP contribution is -2.17. The number of rotatable bonds is 7. The van der Waals surface area contributed by atoms with Crippen molar-refractivity contribution in [3.63, 3.8) is 0 Å². The first kappa shape index (κ1) is 22.0. The number of benzene rings is 2. The van der Waals surface area contributed by atoms with Gasteiger partial charge < -0.3 is 14.2 Å². The smallest absolute Gasteiger partial charge is 0.343 e. The number of ether oxygens (including phenoxy) is 3.